The van der Waals surface area contributed by atoms with Crippen molar-refractivity contribution in [1.29, 1.82) is 0 Å². The molecule has 2 aromatic rings. The van der Waals surface area contributed by atoms with Gasteiger partial charge >= 0.3 is 0 Å². The lowest BCUT2D eigenvalue weighted by Crippen LogP contribution is -2.23. The lowest BCUT2D eigenvalue weighted by molar-refractivity contribution is 0.586. The van der Waals surface area contributed by atoms with Gasteiger partial charge in [0, 0.05) is 6.54 Å². The van der Waals surface area contributed by atoms with Crippen molar-refractivity contribution in [3.05, 3.63) is 60.2 Å². The van der Waals surface area contributed by atoms with Gasteiger partial charge in [-0.05, 0) is 61.8 Å². The third-order valence-electron chi connectivity index (χ3n) is 3.63. The highest BCUT2D eigenvalue weighted by Gasteiger charge is 1.98. The molecule has 22 heavy (non-hydrogen) atoms. The largest absolute Gasteiger partial charge is 0.330 e. The molecular formula is C19H27N3. The molecule has 0 aliphatic heterocycles. The predicted molar refractivity (Wildman–Crippen MR) is 94.7 cm³/mol. The van der Waals surface area contributed by atoms with Crippen LogP contribution in [-0.2, 0) is 6.54 Å². The standard InChI is InChI=1S/C19H27N3/c20-11-5-12-21-13-6-14-22-16-17-7-4-10-19(15-17)18-8-2-1-3-9-18/h1-4,7-10,15,21-22H,5-6,11-14,16,20H2. The van der Waals surface area contributed by atoms with E-state index in [1.54, 1.807) is 0 Å². The van der Waals surface area contributed by atoms with E-state index in [9.17, 15) is 0 Å². The first-order chi connectivity index (χ1) is 10.9. The summed E-state index contributed by atoms with van der Waals surface area (Å²) in [4.78, 5) is 0. The van der Waals surface area contributed by atoms with Crippen LogP contribution in [0.5, 0.6) is 0 Å². The van der Waals surface area contributed by atoms with Crippen LogP contribution < -0.4 is 16.4 Å². The van der Waals surface area contributed by atoms with E-state index in [0.717, 1.165) is 45.6 Å². The molecule has 0 saturated carbocycles. The van der Waals surface area contributed by atoms with Crippen molar-refractivity contribution in [2.45, 2.75) is 19.4 Å². The van der Waals surface area contributed by atoms with Crippen molar-refractivity contribution in [2.75, 3.05) is 26.2 Å². The van der Waals surface area contributed by atoms with E-state index in [1.165, 1.54) is 16.7 Å². The minimum atomic E-state index is 0.767. The van der Waals surface area contributed by atoms with Crippen molar-refractivity contribution in [2.24, 2.45) is 5.73 Å². The third kappa shape index (κ3) is 5.98. The van der Waals surface area contributed by atoms with Crippen LogP contribution in [0.3, 0.4) is 0 Å². The van der Waals surface area contributed by atoms with E-state index in [4.69, 9.17) is 5.73 Å². The molecule has 0 saturated heterocycles. The summed E-state index contributed by atoms with van der Waals surface area (Å²) in [6.07, 6.45) is 2.20. The van der Waals surface area contributed by atoms with Crippen molar-refractivity contribution in [1.82, 2.24) is 10.6 Å². The molecule has 0 spiro atoms. The second kappa shape index (κ2) is 10.1. The Morgan fingerprint density at radius 2 is 1.45 bits per heavy atom. The van der Waals surface area contributed by atoms with Crippen LogP contribution in [-0.4, -0.2) is 26.2 Å². The SMILES string of the molecule is NCCCNCCCNCc1cccc(-c2ccccc2)c1. The van der Waals surface area contributed by atoms with Crippen LogP contribution in [0.25, 0.3) is 11.1 Å². The summed E-state index contributed by atoms with van der Waals surface area (Å²) in [5.74, 6) is 0. The molecule has 0 amide bonds. The molecule has 0 bridgehead atoms. The zero-order chi connectivity index (χ0) is 15.5. The van der Waals surface area contributed by atoms with Crippen LogP contribution in [0.15, 0.2) is 54.6 Å². The van der Waals surface area contributed by atoms with Gasteiger partial charge in [-0.15, -0.1) is 0 Å². The molecule has 118 valence electrons. The lowest BCUT2D eigenvalue weighted by Gasteiger charge is -2.08. The predicted octanol–water partition coefficient (Wildman–Crippen LogP) is 2.77. The minimum absolute atomic E-state index is 0.767. The van der Waals surface area contributed by atoms with Crippen LogP contribution >= 0.6 is 0 Å². The van der Waals surface area contributed by atoms with Crippen LogP contribution in [0.2, 0.25) is 0 Å². The van der Waals surface area contributed by atoms with Gasteiger partial charge in [-0.3, -0.25) is 0 Å². The van der Waals surface area contributed by atoms with Crippen molar-refractivity contribution >= 4 is 0 Å². The fourth-order valence-electron chi connectivity index (χ4n) is 2.41. The quantitative estimate of drug-likeness (QED) is 0.591. The highest BCUT2D eigenvalue weighted by Crippen LogP contribution is 2.19. The molecule has 0 radical (unpaired) electrons. The van der Waals surface area contributed by atoms with Crippen molar-refractivity contribution < 1.29 is 0 Å². The molecule has 0 aliphatic carbocycles. The second-order valence-electron chi connectivity index (χ2n) is 5.49. The smallest absolute Gasteiger partial charge is 0.0205 e. The summed E-state index contributed by atoms with van der Waals surface area (Å²) in [7, 11) is 0. The molecule has 0 unspecified atom stereocenters. The first-order valence-electron chi connectivity index (χ1n) is 8.16. The van der Waals surface area contributed by atoms with E-state index in [1.807, 2.05) is 0 Å². The molecule has 0 fully saturated rings. The van der Waals surface area contributed by atoms with Gasteiger partial charge in [0.1, 0.15) is 0 Å². The van der Waals surface area contributed by atoms with Crippen LogP contribution in [0.1, 0.15) is 18.4 Å². The molecule has 3 heteroatoms. The highest BCUT2D eigenvalue weighted by molar-refractivity contribution is 5.63. The fraction of sp³-hybridized carbons (Fsp3) is 0.368. The van der Waals surface area contributed by atoms with E-state index in [-0.39, 0.29) is 0 Å². The summed E-state index contributed by atoms with van der Waals surface area (Å²) >= 11 is 0. The normalized spacial score (nSPS) is 10.8. The van der Waals surface area contributed by atoms with Gasteiger partial charge in [0.05, 0.1) is 0 Å². The third-order valence-corrected chi connectivity index (χ3v) is 3.63. The zero-order valence-electron chi connectivity index (χ0n) is 13.2. The number of benzene rings is 2. The molecule has 2 rings (SSSR count). The van der Waals surface area contributed by atoms with Gasteiger partial charge in [-0.25, -0.2) is 0 Å². The first kappa shape index (κ1) is 16.7. The molecule has 2 aromatic carbocycles. The maximum absolute atomic E-state index is 5.46. The number of nitrogens with one attached hydrogen (secondary N) is 2. The van der Waals surface area contributed by atoms with E-state index in [2.05, 4.69) is 65.2 Å². The Kier molecular flexibility index (Phi) is 7.67. The fourth-order valence-corrected chi connectivity index (χ4v) is 2.41. The molecule has 0 atom stereocenters. The van der Waals surface area contributed by atoms with Crippen LogP contribution in [0, 0.1) is 0 Å². The van der Waals surface area contributed by atoms with Gasteiger partial charge in [0.2, 0.25) is 0 Å². The zero-order valence-corrected chi connectivity index (χ0v) is 13.2. The first-order valence-corrected chi connectivity index (χ1v) is 8.16. The molecule has 3 nitrogen and oxygen atoms in total. The molecule has 0 aromatic heterocycles. The summed E-state index contributed by atoms with van der Waals surface area (Å²) < 4.78 is 0. The van der Waals surface area contributed by atoms with Crippen molar-refractivity contribution in [3.8, 4) is 11.1 Å². The van der Waals surface area contributed by atoms with Gasteiger partial charge < -0.3 is 16.4 Å². The topological polar surface area (TPSA) is 50.1 Å². The van der Waals surface area contributed by atoms with E-state index in [0.29, 0.717) is 0 Å². The summed E-state index contributed by atoms with van der Waals surface area (Å²) in [6, 6.07) is 19.3. The number of nitrogens with two attached hydrogens (primary N) is 1. The Balaban J connectivity index is 1.70. The molecular weight excluding hydrogens is 270 g/mol. The average molecular weight is 297 g/mol. The number of rotatable bonds is 10. The molecule has 4 N–H and O–H groups in total. The minimum Gasteiger partial charge on any atom is -0.330 e. The second-order valence-corrected chi connectivity index (χ2v) is 5.49. The van der Waals surface area contributed by atoms with Gasteiger partial charge in [-0.1, -0.05) is 48.5 Å². The Hall–Kier alpha value is -1.68. The monoisotopic (exact) mass is 297 g/mol. The van der Waals surface area contributed by atoms with Gasteiger partial charge in [0.25, 0.3) is 0 Å². The van der Waals surface area contributed by atoms with E-state index < -0.39 is 0 Å². The Morgan fingerprint density at radius 1 is 0.727 bits per heavy atom. The van der Waals surface area contributed by atoms with Gasteiger partial charge in [-0.2, -0.15) is 0 Å². The summed E-state index contributed by atoms with van der Waals surface area (Å²) in [5.41, 5.74) is 9.34. The maximum atomic E-state index is 5.46. The van der Waals surface area contributed by atoms with Crippen LogP contribution in [0.4, 0.5) is 0 Å². The molecule has 0 heterocycles. The maximum Gasteiger partial charge on any atom is 0.0205 e. The number of hydrogen-bond acceptors (Lipinski definition) is 3. The van der Waals surface area contributed by atoms with Gasteiger partial charge in [0.15, 0.2) is 0 Å². The highest BCUT2D eigenvalue weighted by atomic mass is 14.9. The van der Waals surface area contributed by atoms with E-state index >= 15 is 0 Å². The average Bonchev–Trinajstić information content (AvgIpc) is 2.58. The molecule has 0 aliphatic rings. The Labute approximate surface area is 133 Å². The summed E-state index contributed by atoms with van der Waals surface area (Å²) in [6.45, 7) is 4.80. The van der Waals surface area contributed by atoms with Crippen molar-refractivity contribution in [3.63, 3.8) is 0 Å². The Morgan fingerprint density at radius 3 is 2.27 bits per heavy atom. The lowest BCUT2D eigenvalue weighted by atomic mass is 10.0. The number of hydrogen-bond donors (Lipinski definition) is 3. The Bertz CT molecular complexity index is 525. The summed E-state index contributed by atoms with van der Waals surface area (Å²) in [5, 5.41) is 6.90.